The van der Waals surface area contributed by atoms with Gasteiger partial charge in [0.25, 0.3) is 0 Å². The molecule has 0 atom stereocenters. The summed E-state index contributed by atoms with van der Waals surface area (Å²) in [6, 6.07) is 19.6. The van der Waals surface area contributed by atoms with Crippen LogP contribution in [0.5, 0.6) is 5.75 Å². The van der Waals surface area contributed by atoms with E-state index in [0.29, 0.717) is 12.2 Å². The van der Waals surface area contributed by atoms with Gasteiger partial charge in [0.15, 0.2) is 0 Å². The molecular weight excluding hydrogens is 350 g/mol. The van der Waals surface area contributed by atoms with Gasteiger partial charge in [0, 0.05) is 28.2 Å². The molecule has 1 aromatic heterocycles. The van der Waals surface area contributed by atoms with Gasteiger partial charge >= 0.3 is 0 Å². The summed E-state index contributed by atoms with van der Waals surface area (Å²) in [5.41, 5.74) is 5.67. The third-order valence-corrected chi connectivity index (χ3v) is 4.50. The molecule has 2 aromatic carbocycles. The number of hydrogen-bond donors (Lipinski definition) is 0. The van der Waals surface area contributed by atoms with Gasteiger partial charge in [0.05, 0.1) is 24.5 Å². The van der Waals surface area contributed by atoms with Crippen molar-refractivity contribution in [2.75, 3.05) is 6.61 Å². The molecule has 0 saturated heterocycles. The molecule has 0 bridgehead atoms. The van der Waals surface area contributed by atoms with Crippen molar-refractivity contribution in [2.24, 2.45) is 5.16 Å². The van der Waals surface area contributed by atoms with E-state index in [1.54, 1.807) is 12.3 Å². The summed E-state index contributed by atoms with van der Waals surface area (Å²) in [5.74, 6) is 0.863. The Morgan fingerprint density at radius 1 is 1.11 bits per heavy atom. The van der Waals surface area contributed by atoms with E-state index in [2.05, 4.69) is 35.7 Å². The Bertz CT molecular complexity index is 1010. The van der Waals surface area contributed by atoms with Crippen LogP contribution >= 0.6 is 0 Å². The second-order valence-corrected chi connectivity index (χ2v) is 6.37. The fourth-order valence-corrected chi connectivity index (χ4v) is 3.13. The maximum Gasteiger partial charge on any atom is 0.143 e. The van der Waals surface area contributed by atoms with Gasteiger partial charge in [-0.25, -0.2) is 0 Å². The molecule has 0 saturated carbocycles. The smallest absolute Gasteiger partial charge is 0.143 e. The Balaban J connectivity index is 1.73. The second kappa shape index (κ2) is 8.92. The summed E-state index contributed by atoms with van der Waals surface area (Å²) in [7, 11) is 0. The van der Waals surface area contributed by atoms with Gasteiger partial charge in [-0.15, -0.1) is 0 Å². The van der Waals surface area contributed by atoms with Gasteiger partial charge in [-0.3, -0.25) is 0 Å². The minimum absolute atomic E-state index is 0.262. The lowest BCUT2D eigenvalue weighted by molar-refractivity contribution is 0.132. The van der Waals surface area contributed by atoms with Crippen molar-refractivity contribution in [1.82, 2.24) is 4.57 Å². The van der Waals surface area contributed by atoms with Crippen LogP contribution in [0.3, 0.4) is 0 Å². The molecule has 0 fully saturated rings. The summed E-state index contributed by atoms with van der Waals surface area (Å²) in [6.45, 7) is 7.00. The fraction of sp³-hybridized carbons (Fsp3) is 0.217. The van der Waals surface area contributed by atoms with Crippen LogP contribution in [0, 0.1) is 25.2 Å². The molecule has 3 aromatic rings. The van der Waals surface area contributed by atoms with Crippen LogP contribution in [0.25, 0.3) is 5.69 Å². The van der Waals surface area contributed by atoms with Gasteiger partial charge in [-0.05, 0) is 57.2 Å². The normalized spacial score (nSPS) is 10.8. The third-order valence-electron chi connectivity index (χ3n) is 4.50. The number of aromatic nitrogens is 1. The molecule has 1 heterocycles. The number of aryl methyl sites for hydroxylation is 1. The number of hydrogen-bond acceptors (Lipinski definition) is 4. The maximum absolute atomic E-state index is 9.12. The van der Waals surface area contributed by atoms with E-state index < -0.39 is 0 Å². The zero-order valence-electron chi connectivity index (χ0n) is 16.3. The third kappa shape index (κ3) is 4.24. The highest BCUT2D eigenvalue weighted by Crippen LogP contribution is 2.22. The minimum Gasteiger partial charge on any atom is -0.494 e. The SMILES string of the molecule is CCOc1ccc(-n2c(C)cc(/C=N\OCc3ccccc3C#N)c2C)cc1. The maximum atomic E-state index is 9.12. The lowest BCUT2D eigenvalue weighted by atomic mass is 10.1. The molecule has 0 unspecified atom stereocenters. The first-order valence-corrected chi connectivity index (χ1v) is 9.19. The van der Waals surface area contributed by atoms with Crippen molar-refractivity contribution in [2.45, 2.75) is 27.4 Å². The molecule has 0 spiro atoms. The van der Waals surface area contributed by atoms with Gasteiger partial charge in [0.1, 0.15) is 12.4 Å². The largest absolute Gasteiger partial charge is 0.494 e. The van der Waals surface area contributed by atoms with Crippen molar-refractivity contribution >= 4 is 6.21 Å². The predicted molar refractivity (Wildman–Crippen MR) is 110 cm³/mol. The molecular formula is C23H23N3O2. The zero-order chi connectivity index (χ0) is 19.9. The number of nitriles is 1. The Hall–Kier alpha value is -3.52. The lowest BCUT2D eigenvalue weighted by Crippen LogP contribution is -2.00. The first-order chi connectivity index (χ1) is 13.6. The predicted octanol–water partition coefficient (Wildman–Crippen LogP) is 4.92. The number of rotatable bonds is 7. The molecule has 5 nitrogen and oxygen atoms in total. The van der Waals surface area contributed by atoms with Gasteiger partial charge in [-0.1, -0.05) is 23.4 Å². The van der Waals surface area contributed by atoms with E-state index in [-0.39, 0.29) is 6.61 Å². The number of nitrogens with zero attached hydrogens (tertiary/aromatic N) is 3. The van der Waals surface area contributed by atoms with Crippen molar-refractivity contribution in [1.29, 1.82) is 5.26 Å². The molecule has 0 aliphatic heterocycles. The summed E-state index contributed by atoms with van der Waals surface area (Å²) >= 11 is 0. The van der Waals surface area contributed by atoms with Crippen LogP contribution in [-0.4, -0.2) is 17.4 Å². The Morgan fingerprint density at radius 2 is 1.86 bits per heavy atom. The number of oxime groups is 1. The standard InChI is InChI=1S/C23H23N3O2/c1-4-27-23-11-9-22(10-12-23)26-17(2)13-21(18(26)3)15-25-28-16-20-8-6-5-7-19(20)14-24/h5-13,15H,4,16H2,1-3H3/b25-15-. The summed E-state index contributed by atoms with van der Waals surface area (Å²) < 4.78 is 7.68. The van der Waals surface area contributed by atoms with Crippen LogP contribution in [0.2, 0.25) is 0 Å². The van der Waals surface area contributed by atoms with Crippen LogP contribution < -0.4 is 4.74 Å². The Kier molecular flexibility index (Phi) is 6.13. The first kappa shape index (κ1) is 19.2. The average Bonchev–Trinajstić information content (AvgIpc) is 3.00. The van der Waals surface area contributed by atoms with Crippen LogP contribution in [0.4, 0.5) is 0 Å². The molecule has 0 aliphatic carbocycles. The fourth-order valence-electron chi connectivity index (χ4n) is 3.13. The molecule has 0 amide bonds. The molecule has 0 aliphatic rings. The molecule has 3 rings (SSSR count). The summed E-state index contributed by atoms with van der Waals surface area (Å²) in [5, 5.41) is 13.2. The first-order valence-electron chi connectivity index (χ1n) is 9.19. The van der Waals surface area contributed by atoms with E-state index >= 15 is 0 Å². The molecule has 0 N–H and O–H groups in total. The Labute approximate surface area is 165 Å². The highest BCUT2D eigenvalue weighted by Gasteiger charge is 2.10. The lowest BCUT2D eigenvalue weighted by Gasteiger charge is -2.10. The van der Waals surface area contributed by atoms with E-state index in [1.165, 1.54) is 0 Å². The zero-order valence-corrected chi connectivity index (χ0v) is 16.3. The second-order valence-electron chi connectivity index (χ2n) is 6.37. The summed E-state index contributed by atoms with van der Waals surface area (Å²) in [6.07, 6.45) is 1.71. The van der Waals surface area contributed by atoms with Gasteiger partial charge < -0.3 is 14.1 Å². The minimum atomic E-state index is 0.262. The van der Waals surface area contributed by atoms with Crippen LogP contribution in [-0.2, 0) is 11.4 Å². The quantitative estimate of drug-likeness (QED) is 0.436. The molecule has 142 valence electrons. The number of ether oxygens (including phenoxy) is 1. The molecule has 5 heteroatoms. The highest BCUT2D eigenvalue weighted by molar-refractivity contribution is 5.81. The summed E-state index contributed by atoms with van der Waals surface area (Å²) in [4.78, 5) is 5.41. The van der Waals surface area contributed by atoms with E-state index in [0.717, 1.165) is 34.0 Å². The molecule has 0 radical (unpaired) electrons. The topological polar surface area (TPSA) is 59.5 Å². The van der Waals surface area contributed by atoms with Crippen molar-refractivity contribution in [3.05, 3.63) is 82.7 Å². The van der Waals surface area contributed by atoms with Crippen molar-refractivity contribution in [3.63, 3.8) is 0 Å². The van der Waals surface area contributed by atoms with E-state index in [9.17, 15) is 0 Å². The van der Waals surface area contributed by atoms with Crippen molar-refractivity contribution in [3.8, 4) is 17.5 Å². The van der Waals surface area contributed by atoms with Crippen LogP contribution in [0.15, 0.2) is 59.8 Å². The van der Waals surface area contributed by atoms with Crippen molar-refractivity contribution < 1.29 is 9.57 Å². The van der Waals surface area contributed by atoms with Gasteiger partial charge in [-0.2, -0.15) is 5.26 Å². The molecule has 28 heavy (non-hydrogen) atoms. The average molecular weight is 373 g/mol. The van der Waals surface area contributed by atoms with E-state index in [4.69, 9.17) is 14.8 Å². The highest BCUT2D eigenvalue weighted by atomic mass is 16.6. The van der Waals surface area contributed by atoms with E-state index in [1.807, 2.05) is 49.4 Å². The van der Waals surface area contributed by atoms with Crippen LogP contribution in [0.1, 0.15) is 35.0 Å². The van der Waals surface area contributed by atoms with Gasteiger partial charge in [0.2, 0.25) is 0 Å². The number of benzene rings is 2. The monoisotopic (exact) mass is 373 g/mol. The Morgan fingerprint density at radius 3 is 2.57 bits per heavy atom.